The first-order valence-electron chi connectivity index (χ1n) is 10.8. The molecule has 10 heteroatoms. The van der Waals surface area contributed by atoms with E-state index in [1.165, 1.54) is 14.2 Å². The Bertz CT molecular complexity index is 1220. The van der Waals surface area contributed by atoms with E-state index < -0.39 is 15.9 Å². The van der Waals surface area contributed by atoms with Crippen LogP contribution in [0.4, 0.5) is 0 Å². The van der Waals surface area contributed by atoms with Crippen LogP contribution in [0, 0.1) is 12.8 Å². The van der Waals surface area contributed by atoms with Gasteiger partial charge in [-0.2, -0.15) is 0 Å². The van der Waals surface area contributed by atoms with Gasteiger partial charge in [0.15, 0.2) is 21.5 Å². The van der Waals surface area contributed by atoms with Crippen LogP contribution in [0.3, 0.4) is 0 Å². The third-order valence-corrected chi connectivity index (χ3v) is 7.50. The van der Waals surface area contributed by atoms with Gasteiger partial charge in [-0.15, -0.1) is 10.2 Å². The highest BCUT2D eigenvalue weighted by Crippen LogP contribution is 2.37. The molecule has 1 N–H and O–H groups in total. The van der Waals surface area contributed by atoms with Gasteiger partial charge in [0, 0.05) is 18.0 Å². The Morgan fingerprint density at radius 2 is 1.85 bits per heavy atom. The SMILES string of the molecule is COc1cccc(OC)c1-n1c(CS(=O)(=O)C[C@@H](O)C2CCC2)nnc1-c1cncc(C)c1. The maximum absolute atomic E-state index is 13.0. The van der Waals surface area contributed by atoms with Gasteiger partial charge >= 0.3 is 0 Å². The lowest BCUT2D eigenvalue weighted by Gasteiger charge is -2.30. The van der Waals surface area contributed by atoms with E-state index in [2.05, 4.69) is 15.2 Å². The van der Waals surface area contributed by atoms with Gasteiger partial charge in [0.05, 0.1) is 26.1 Å². The van der Waals surface area contributed by atoms with Gasteiger partial charge in [-0.3, -0.25) is 9.55 Å². The first-order chi connectivity index (χ1) is 15.8. The summed E-state index contributed by atoms with van der Waals surface area (Å²) in [5.74, 6) is 0.919. The standard InChI is InChI=1S/C23H28N4O5S/c1-15-10-17(12-24-11-15)23-26-25-21(14-33(29,30)13-18(28)16-6-4-7-16)27(23)22-19(31-2)8-5-9-20(22)32-3/h5,8-12,16,18,28H,4,6-7,13-14H2,1-3H3/t18-/m1/s1. The van der Waals surface area contributed by atoms with Crippen LogP contribution >= 0.6 is 0 Å². The maximum Gasteiger partial charge on any atom is 0.170 e. The number of ether oxygens (including phenoxy) is 2. The number of rotatable bonds is 9. The number of sulfone groups is 1. The number of aryl methyl sites for hydroxylation is 1. The van der Waals surface area contributed by atoms with Crippen molar-refractivity contribution in [2.24, 2.45) is 5.92 Å². The number of pyridine rings is 1. The van der Waals surface area contributed by atoms with Crippen molar-refractivity contribution in [2.75, 3.05) is 20.0 Å². The van der Waals surface area contributed by atoms with E-state index in [0.717, 1.165) is 24.8 Å². The molecule has 0 bridgehead atoms. The number of hydrogen-bond donors (Lipinski definition) is 1. The molecule has 2 heterocycles. The van der Waals surface area contributed by atoms with E-state index in [-0.39, 0.29) is 23.2 Å². The molecular formula is C23H28N4O5S. The number of aliphatic hydroxyl groups is 1. The van der Waals surface area contributed by atoms with Crippen molar-refractivity contribution in [3.05, 3.63) is 48.0 Å². The molecule has 4 rings (SSSR count). The zero-order valence-electron chi connectivity index (χ0n) is 18.9. The zero-order valence-corrected chi connectivity index (χ0v) is 19.7. The average Bonchev–Trinajstić information content (AvgIpc) is 3.13. The Hall–Kier alpha value is -2.98. The molecule has 1 saturated carbocycles. The Balaban J connectivity index is 1.82. The molecule has 0 radical (unpaired) electrons. The highest BCUT2D eigenvalue weighted by molar-refractivity contribution is 7.90. The van der Waals surface area contributed by atoms with Gasteiger partial charge in [0.2, 0.25) is 0 Å². The molecule has 0 spiro atoms. The van der Waals surface area contributed by atoms with Crippen LogP contribution in [0.15, 0.2) is 36.7 Å². The molecule has 1 atom stereocenters. The molecule has 0 saturated heterocycles. The summed E-state index contributed by atoms with van der Waals surface area (Å²) in [5.41, 5.74) is 2.09. The molecule has 33 heavy (non-hydrogen) atoms. The minimum atomic E-state index is -3.67. The number of nitrogens with zero attached hydrogens (tertiary/aromatic N) is 4. The molecule has 3 aromatic rings. The van der Waals surface area contributed by atoms with Crippen LogP contribution in [0.2, 0.25) is 0 Å². The number of hydrogen-bond acceptors (Lipinski definition) is 8. The fraction of sp³-hybridized carbons (Fsp3) is 0.435. The quantitative estimate of drug-likeness (QED) is 0.505. The maximum atomic E-state index is 13.0. The lowest BCUT2D eigenvalue weighted by atomic mass is 9.82. The summed E-state index contributed by atoms with van der Waals surface area (Å²) in [4.78, 5) is 4.24. The van der Waals surface area contributed by atoms with Crippen LogP contribution in [-0.2, 0) is 15.6 Å². The van der Waals surface area contributed by atoms with E-state index in [0.29, 0.717) is 28.6 Å². The summed E-state index contributed by atoms with van der Waals surface area (Å²) in [7, 11) is -0.613. The normalized spacial score (nSPS) is 15.2. The van der Waals surface area contributed by atoms with Crippen LogP contribution in [-0.4, -0.2) is 59.3 Å². The van der Waals surface area contributed by atoms with Crippen molar-refractivity contribution < 1.29 is 23.0 Å². The Kier molecular flexibility index (Phi) is 6.66. The van der Waals surface area contributed by atoms with Crippen molar-refractivity contribution in [1.29, 1.82) is 0 Å². The Morgan fingerprint density at radius 1 is 1.15 bits per heavy atom. The van der Waals surface area contributed by atoms with Crippen LogP contribution in [0.5, 0.6) is 11.5 Å². The lowest BCUT2D eigenvalue weighted by molar-refractivity contribution is 0.0803. The monoisotopic (exact) mass is 472 g/mol. The van der Waals surface area contributed by atoms with Gasteiger partial charge in [0.1, 0.15) is 22.9 Å². The highest BCUT2D eigenvalue weighted by atomic mass is 32.2. The number of aromatic nitrogens is 4. The third-order valence-electron chi connectivity index (χ3n) is 5.96. The molecule has 2 aromatic heterocycles. The van der Waals surface area contributed by atoms with Crippen molar-refractivity contribution in [3.63, 3.8) is 0 Å². The molecule has 0 aliphatic heterocycles. The smallest absolute Gasteiger partial charge is 0.170 e. The fourth-order valence-electron chi connectivity index (χ4n) is 4.04. The minimum absolute atomic E-state index is 0.0425. The predicted octanol–water partition coefficient (Wildman–Crippen LogP) is 2.73. The van der Waals surface area contributed by atoms with Gasteiger partial charge in [0.25, 0.3) is 0 Å². The summed E-state index contributed by atoms with van der Waals surface area (Å²) >= 11 is 0. The number of para-hydroxylation sites is 1. The zero-order chi connectivity index (χ0) is 23.6. The topological polar surface area (TPSA) is 116 Å². The summed E-state index contributed by atoms with van der Waals surface area (Å²) < 4.78 is 38.8. The second-order valence-corrected chi connectivity index (χ2v) is 10.5. The molecular weight excluding hydrogens is 444 g/mol. The largest absolute Gasteiger partial charge is 0.494 e. The van der Waals surface area contributed by atoms with Gasteiger partial charge in [-0.1, -0.05) is 12.5 Å². The molecule has 0 unspecified atom stereocenters. The Labute approximate surface area is 193 Å². The van der Waals surface area contributed by atoms with Crippen LogP contribution in [0.25, 0.3) is 17.1 Å². The number of aliphatic hydroxyl groups excluding tert-OH is 1. The van der Waals surface area contributed by atoms with Crippen molar-refractivity contribution in [3.8, 4) is 28.6 Å². The van der Waals surface area contributed by atoms with E-state index in [1.807, 2.05) is 13.0 Å². The van der Waals surface area contributed by atoms with Crippen molar-refractivity contribution >= 4 is 9.84 Å². The van der Waals surface area contributed by atoms with Gasteiger partial charge in [-0.05, 0) is 49.4 Å². The molecule has 0 amide bonds. The van der Waals surface area contributed by atoms with Gasteiger partial charge < -0.3 is 14.6 Å². The second-order valence-electron chi connectivity index (χ2n) is 8.35. The minimum Gasteiger partial charge on any atom is -0.494 e. The summed E-state index contributed by atoms with van der Waals surface area (Å²) in [6.07, 6.45) is 5.24. The van der Waals surface area contributed by atoms with Crippen molar-refractivity contribution in [2.45, 2.75) is 38.0 Å². The molecule has 1 aromatic carbocycles. The lowest BCUT2D eigenvalue weighted by Crippen LogP contribution is -2.33. The molecule has 9 nitrogen and oxygen atoms in total. The van der Waals surface area contributed by atoms with E-state index in [1.54, 1.807) is 35.2 Å². The van der Waals surface area contributed by atoms with E-state index >= 15 is 0 Å². The summed E-state index contributed by atoms with van der Waals surface area (Å²) in [5, 5.41) is 18.9. The number of benzene rings is 1. The van der Waals surface area contributed by atoms with Gasteiger partial charge in [-0.25, -0.2) is 8.42 Å². The van der Waals surface area contributed by atoms with E-state index in [4.69, 9.17) is 9.47 Å². The number of methoxy groups -OCH3 is 2. The first kappa shape index (κ1) is 23.2. The molecule has 1 aliphatic carbocycles. The first-order valence-corrected chi connectivity index (χ1v) is 12.6. The predicted molar refractivity (Wildman–Crippen MR) is 123 cm³/mol. The molecule has 1 aliphatic rings. The second kappa shape index (κ2) is 9.48. The van der Waals surface area contributed by atoms with Crippen molar-refractivity contribution in [1.82, 2.24) is 19.7 Å². The summed E-state index contributed by atoms with van der Waals surface area (Å²) in [6, 6.07) is 7.20. The van der Waals surface area contributed by atoms with Crippen LogP contribution < -0.4 is 9.47 Å². The van der Waals surface area contributed by atoms with Crippen LogP contribution in [0.1, 0.15) is 30.7 Å². The fourth-order valence-corrected chi connectivity index (χ4v) is 5.53. The van der Waals surface area contributed by atoms with E-state index in [9.17, 15) is 13.5 Å². The molecule has 176 valence electrons. The Morgan fingerprint density at radius 3 is 2.42 bits per heavy atom. The molecule has 1 fully saturated rings. The third kappa shape index (κ3) is 4.86. The average molecular weight is 473 g/mol. The highest BCUT2D eigenvalue weighted by Gasteiger charge is 2.31. The summed E-state index contributed by atoms with van der Waals surface area (Å²) in [6.45, 7) is 1.91.